The molecule has 1 amide bonds. The Bertz CT molecular complexity index is 1350. The average Bonchev–Trinajstić information content (AvgIpc) is 3.26. The monoisotopic (exact) mass is 572 g/mol. The van der Waals surface area contributed by atoms with E-state index in [-0.39, 0.29) is 18.3 Å². The van der Waals surface area contributed by atoms with Crippen molar-refractivity contribution >= 4 is 41.6 Å². The number of hydrogen-bond acceptors (Lipinski definition) is 7. The standard InChI is InChI=1S/C28H33ClN6O3.ClH/c1-18-15-24(29)35-10-5-20-17-30-28(32-25(20)26(18)35)31-22-4-3-19(16-23(22)37-2)27(36)34-8-6-21(7-9-34)33-11-13-38-14-12-33;/h3-4,15-17,21H,5-14H2,1-2H3,(H,30,31,32);1H. The molecule has 1 N–H and O–H groups in total. The van der Waals surface area contributed by atoms with Gasteiger partial charge in [0.2, 0.25) is 5.95 Å². The number of morpholine rings is 1. The maximum atomic E-state index is 13.3. The van der Waals surface area contributed by atoms with E-state index in [1.165, 1.54) is 0 Å². The predicted molar refractivity (Wildman–Crippen MR) is 154 cm³/mol. The number of carbonyl (C=O) groups excluding carboxylic acids is 1. The van der Waals surface area contributed by atoms with Gasteiger partial charge in [0.1, 0.15) is 10.9 Å². The number of halogens is 2. The first kappa shape index (κ1) is 27.7. The lowest BCUT2D eigenvalue weighted by atomic mass is 10.0. The first-order valence-electron chi connectivity index (χ1n) is 13.3. The summed E-state index contributed by atoms with van der Waals surface area (Å²) in [5, 5.41) is 4.01. The number of piperidine rings is 1. The quantitative estimate of drug-likeness (QED) is 0.479. The Kier molecular flexibility index (Phi) is 8.32. The topological polar surface area (TPSA) is 84.8 Å². The molecule has 6 rings (SSSR count). The minimum atomic E-state index is 0. The summed E-state index contributed by atoms with van der Waals surface area (Å²) >= 11 is 6.43. The molecule has 0 bridgehead atoms. The molecule has 2 aromatic heterocycles. The lowest BCUT2D eigenvalue weighted by Crippen LogP contribution is -2.50. The van der Waals surface area contributed by atoms with Crippen LogP contribution in [-0.4, -0.2) is 82.8 Å². The third kappa shape index (κ3) is 5.45. The fraction of sp³-hybridized carbons (Fsp3) is 0.464. The van der Waals surface area contributed by atoms with Gasteiger partial charge in [0.15, 0.2) is 0 Å². The predicted octanol–water partition coefficient (Wildman–Crippen LogP) is 4.57. The van der Waals surface area contributed by atoms with Crippen molar-refractivity contribution in [1.29, 1.82) is 0 Å². The largest absolute Gasteiger partial charge is 0.495 e. The van der Waals surface area contributed by atoms with Gasteiger partial charge in [0.25, 0.3) is 5.91 Å². The van der Waals surface area contributed by atoms with Crippen molar-refractivity contribution in [2.45, 2.75) is 38.8 Å². The Morgan fingerprint density at radius 3 is 2.64 bits per heavy atom. The van der Waals surface area contributed by atoms with Gasteiger partial charge in [0.05, 0.1) is 37.4 Å². The number of anilines is 2. The molecule has 0 atom stereocenters. The molecule has 0 radical (unpaired) electrons. The number of aromatic nitrogens is 3. The summed E-state index contributed by atoms with van der Waals surface area (Å²) in [6, 6.07) is 8.01. The number of amides is 1. The second kappa shape index (κ2) is 11.7. The van der Waals surface area contributed by atoms with Crippen LogP contribution in [0.1, 0.15) is 34.3 Å². The van der Waals surface area contributed by atoms with Crippen LogP contribution in [-0.2, 0) is 17.7 Å². The van der Waals surface area contributed by atoms with Crippen LogP contribution in [0.2, 0.25) is 5.15 Å². The van der Waals surface area contributed by atoms with Crippen LogP contribution in [0, 0.1) is 6.92 Å². The second-order valence-corrected chi connectivity index (χ2v) is 10.6. The Balaban J connectivity index is 0.00000308. The van der Waals surface area contributed by atoms with Crippen LogP contribution in [0.4, 0.5) is 11.6 Å². The molecule has 2 fully saturated rings. The molecule has 5 heterocycles. The molecule has 39 heavy (non-hydrogen) atoms. The molecule has 0 saturated carbocycles. The van der Waals surface area contributed by atoms with Gasteiger partial charge in [0, 0.05) is 56.1 Å². The number of benzene rings is 1. The Morgan fingerprint density at radius 1 is 1.13 bits per heavy atom. The molecule has 11 heteroatoms. The van der Waals surface area contributed by atoms with Crippen molar-refractivity contribution in [2.75, 3.05) is 51.8 Å². The van der Waals surface area contributed by atoms with E-state index in [0.717, 1.165) is 92.9 Å². The molecule has 2 saturated heterocycles. The number of methoxy groups -OCH3 is 1. The Hall–Kier alpha value is -2.85. The lowest BCUT2D eigenvalue weighted by molar-refractivity contribution is 0.00159. The van der Waals surface area contributed by atoms with Crippen LogP contribution in [0.15, 0.2) is 30.5 Å². The van der Waals surface area contributed by atoms with Gasteiger partial charge >= 0.3 is 0 Å². The number of nitrogens with one attached hydrogen (secondary N) is 1. The Morgan fingerprint density at radius 2 is 1.90 bits per heavy atom. The van der Waals surface area contributed by atoms with Crippen molar-refractivity contribution in [2.24, 2.45) is 0 Å². The molecule has 0 spiro atoms. The minimum Gasteiger partial charge on any atom is -0.495 e. The fourth-order valence-electron chi connectivity index (χ4n) is 5.87. The zero-order valence-electron chi connectivity index (χ0n) is 22.3. The summed E-state index contributed by atoms with van der Waals surface area (Å²) in [5.74, 6) is 1.08. The number of fused-ring (bicyclic) bond motifs is 3. The number of likely N-dealkylation sites (tertiary alicyclic amines) is 1. The van der Waals surface area contributed by atoms with Gasteiger partial charge in [-0.2, -0.15) is 0 Å². The van der Waals surface area contributed by atoms with Crippen LogP contribution in [0.5, 0.6) is 5.75 Å². The molecule has 3 aromatic rings. The summed E-state index contributed by atoms with van der Waals surface area (Å²) in [7, 11) is 1.61. The molecular weight excluding hydrogens is 539 g/mol. The zero-order valence-corrected chi connectivity index (χ0v) is 23.9. The summed E-state index contributed by atoms with van der Waals surface area (Å²) in [6.45, 7) is 7.96. The van der Waals surface area contributed by atoms with E-state index in [2.05, 4.69) is 19.8 Å². The lowest BCUT2D eigenvalue weighted by Gasteiger charge is -2.40. The van der Waals surface area contributed by atoms with Crippen molar-refractivity contribution in [1.82, 2.24) is 24.3 Å². The van der Waals surface area contributed by atoms with E-state index in [9.17, 15) is 4.79 Å². The fourth-order valence-corrected chi connectivity index (χ4v) is 6.21. The van der Waals surface area contributed by atoms with Crippen LogP contribution >= 0.6 is 24.0 Å². The maximum Gasteiger partial charge on any atom is 0.253 e. The minimum absolute atomic E-state index is 0. The summed E-state index contributed by atoms with van der Waals surface area (Å²) in [6.07, 6.45) is 4.69. The molecule has 0 aliphatic carbocycles. The molecule has 0 unspecified atom stereocenters. The van der Waals surface area contributed by atoms with Gasteiger partial charge in [-0.05, 0) is 56.0 Å². The van der Waals surface area contributed by atoms with E-state index in [0.29, 0.717) is 29.0 Å². The van der Waals surface area contributed by atoms with E-state index in [1.54, 1.807) is 13.2 Å². The zero-order chi connectivity index (χ0) is 26.2. The maximum absolute atomic E-state index is 13.3. The molecule has 1 aromatic carbocycles. The van der Waals surface area contributed by atoms with E-state index < -0.39 is 0 Å². The van der Waals surface area contributed by atoms with E-state index in [4.69, 9.17) is 26.1 Å². The first-order valence-corrected chi connectivity index (χ1v) is 13.7. The average molecular weight is 574 g/mol. The number of carbonyl (C=O) groups is 1. The summed E-state index contributed by atoms with van der Waals surface area (Å²) < 4.78 is 13.2. The van der Waals surface area contributed by atoms with Gasteiger partial charge < -0.3 is 24.3 Å². The summed E-state index contributed by atoms with van der Waals surface area (Å²) in [5.41, 5.74) is 5.44. The molecule has 208 valence electrons. The number of rotatable bonds is 5. The van der Waals surface area contributed by atoms with Gasteiger partial charge in [-0.25, -0.2) is 9.97 Å². The third-order valence-electron chi connectivity index (χ3n) is 7.94. The van der Waals surface area contributed by atoms with Gasteiger partial charge in [-0.3, -0.25) is 9.69 Å². The van der Waals surface area contributed by atoms with Crippen LogP contribution in [0.25, 0.3) is 11.4 Å². The smallest absolute Gasteiger partial charge is 0.253 e. The number of ether oxygens (including phenoxy) is 2. The van der Waals surface area contributed by atoms with Crippen molar-refractivity contribution in [3.05, 3.63) is 52.3 Å². The van der Waals surface area contributed by atoms with Crippen molar-refractivity contribution < 1.29 is 14.3 Å². The molecule has 3 aliphatic heterocycles. The summed E-state index contributed by atoms with van der Waals surface area (Å²) in [4.78, 5) is 27.1. The normalized spacial score (nSPS) is 17.7. The molecule has 9 nitrogen and oxygen atoms in total. The van der Waals surface area contributed by atoms with E-state index >= 15 is 0 Å². The highest BCUT2D eigenvalue weighted by Gasteiger charge is 2.29. The Labute approximate surface area is 239 Å². The highest BCUT2D eigenvalue weighted by Crippen LogP contribution is 2.36. The molecule has 3 aliphatic rings. The number of hydrogen-bond donors (Lipinski definition) is 1. The highest BCUT2D eigenvalue weighted by molar-refractivity contribution is 6.30. The van der Waals surface area contributed by atoms with Crippen LogP contribution in [0.3, 0.4) is 0 Å². The SMILES string of the molecule is COc1cc(C(=O)N2CCC(N3CCOCC3)CC2)ccc1Nc1ncc2c(n1)-c1c(C)cc(Cl)n1CC2.Cl. The van der Waals surface area contributed by atoms with Gasteiger partial charge in [-0.15, -0.1) is 12.4 Å². The van der Waals surface area contributed by atoms with E-state index in [1.807, 2.05) is 36.2 Å². The highest BCUT2D eigenvalue weighted by atomic mass is 35.5. The molecular formula is C28H34Cl2N6O3. The number of nitrogens with zero attached hydrogens (tertiary/aromatic N) is 5. The number of aryl methyl sites for hydroxylation is 2. The van der Waals surface area contributed by atoms with Crippen molar-refractivity contribution in [3.63, 3.8) is 0 Å². The second-order valence-electron chi connectivity index (χ2n) is 10.2. The van der Waals surface area contributed by atoms with Crippen LogP contribution < -0.4 is 10.1 Å². The van der Waals surface area contributed by atoms with Gasteiger partial charge in [-0.1, -0.05) is 11.6 Å². The third-order valence-corrected chi connectivity index (χ3v) is 8.25. The first-order chi connectivity index (χ1) is 18.5. The van der Waals surface area contributed by atoms with Crippen molar-refractivity contribution in [3.8, 4) is 17.1 Å².